The second kappa shape index (κ2) is 5.28. The number of hydrogen-bond donors (Lipinski definition) is 1. The molecule has 0 radical (unpaired) electrons. The lowest BCUT2D eigenvalue weighted by Gasteiger charge is -2.37. The van der Waals surface area contributed by atoms with E-state index in [4.69, 9.17) is 4.74 Å². The minimum Gasteiger partial charge on any atom is -0.374 e. The summed E-state index contributed by atoms with van der Waals surface area (Å²) >= 11 is 0. The Labute approximate surface area is 127 Å². The summed E-state index contributed by atoms with van der Waals surface area (Å²) in [6.07, 6.45) is 3.31. The van der Waals surface area contributed by atoms with E-state index in [-0.39, 0.29) is 30.3 Å². The third-order valence-electron chi connectivity index (χ3n) is 4.78. The molecule has 1 aliphatic carbocycles. The minimum atomic E-state index is -0.231. The highest BCUT2D eigenvalue weighted by Crippen LogP contribution is 2.29. The van der Waals surface area contributed by atoms with E-state index >= 15 is 0 Å². The van der Waals surface area contributed by atoms with E-state index in [1.807, 2.05) is 29.2 Å². The molecule has 1 N–H and O–H groups in total. The number of nitrogens with zero attached hydrogens (tertiary/aromatic N) is 2. The summed E-state index contributed by atoms with van der Waals surface area (Å²) in [6, 6.07) is 7.63. The van der Waals surface area contributed by atoms with Crippen LogP contribution in [0.2, 0.25) is 0 Å². The number of H-pyrrole nitrogens is 1. The first-order valence-electron chi connectivity index (χ1n) is 7.82. The highest BCUT2D eigenvalue weighted by Gasteiger charge is 2.38. The average molecular weight is 301 g/mol. The minimum absolute atomic E-state index is 0.00653. The normalized spacial score (nSPS) is 24.6. The topological polar surface area (TPSA) is 67.3 Å². The SMILES string of the molecule is O=C(Cn1c(=O)[nH]c2ccccc21)N1CCOC2CCCC21. The number of benzene rings is 1. The van der Waals surface area contributed by atoms with Gasteiger partial charge in [-0.2, -0.15) is 0 Å². The van der Waals surface area contributed by atoms with Crippen molar-refractivity contribution in [3.05, 3.63) is 34.7 Å². The van der Waals surface area contributed by atoms with Gasteiger partial charge in [-0.1, -0.05) is 12.1 Å². The molecule has 1 aromatic heterocycles. The quantitative estimate of drug-likeness (QED) is 0.903. The highest BCUT2D eigenvalue weighted by molar-refractivity contribution is 5.80. The van der Waals surface area contributed by atoms with E-state index in [2.05, 4.69) is 4.98 Å². The molecule has 2 atom stereocenters. The van der Waals surface area contributed by atoms with E-state index in [0.29, 0.717) is 13.2 Å². The summed E-state index contributed by atoms with van der Waals surface area (Å²) in [5.74, 6) is 0.00653. The number of imidazole rings is 1. The van der Waals surface area contributed by atoms with E-state index < -0.39 is 0 Å². The Morgan fingerprint density at radius 2 is 2.18 bits per heavy atom. The summed E-state index contributed by atoms with van der Waals surface area (Å²) in [6.45, 7) is 1.30. The number of para-hydroxylation sites is 2. The van der Waals surface area contributed by atoms with Crippen LogP contribution in [0.5, 0.6) is 0 Å². The predicted molar refractivity (Wildman–Crippen MR) is 81.7 cm³/mol. The maximum Gasteiger partial charge on any atom is 0.326 e. The fraction of sp³-hybridized carbons (Fsp3) is 0.500. The zero-order valence-corrected chi connectivity index (χ0v) is 12.3. The Morgan fingerprint density at radius 1 is 1.32 bits per heavy atom. The molecule has 116 valence electrons. The molecule has 6 nitrogen and oxygen atoms in total. The van der Waals surface area contributed by atoms with E-state index in [1.54, 1.807) is 0 Å². The lowest BCUT2D eigenvalue weighted by molar-refractivity contribution is -0.144. The molecule has 0 bridgehead atoms. The van der Waals surface area contributed by atoms with Crippen LogP contribution < -0.4 is 5.69 Å². The number of nitrogens with one attached hydrogen (secondary N) is 1. The van der Waals surface area contributed by atoms with Crippen molar-refractivity contribution < 1.29 is 9.53 Å². The van der Waals surface area contributed by atoms with Gasteiger partial charge in [-0.05, 0) is 31.4 Å². The molecule has 6 heteroatoms. The molecule has 1 aromatic carbocycles. The Bertz CT molecular complexity index is 763. The van der Waals surface area contributed by atoms with Crippen molar-refractivity contribution in [2.75, 3.05) is 13.2 Å². The van der Waals surface area contributed by atoms with Crippen LogP contribution in [0.25, 0.3) is 11.0 Å². The van der Waals surface area contributed by atoms with Crippen LogP contribution in [0.3, 0.4) is 0 Å². The van der Waals surface area contributed by atoms with Crippen molar-refractivity contribution in [1.29, 1.82) is 0 Å². The average Bonchev–Trinajstić information content (AvgIpc) is 3.12. The van der Waals surface area contributed by atoms with Gasteiger partial charge in [0.2, 0.25) is 5.91 Å². The number of aromatic nitrogens is 2. The van der Waals surface area contributed by atoms with Gasteiger partial charge in [0.15, 0.2) is 0 Å². The van der Waals surface area contributed by atoms with Gasteiger partial charge in [-0.15, -0.1) is 0 Å². The van der Waals surface area contributed by atoms with Crippen LogP contribution >= 0.6 is 0 Å². The highest BCUT2D eigenvalue weighted by atomic mass is 16.5. The Morgan fingerprint density at radius 3 is 3.09 bits per heavy atom. The van der Waals surface area contributed by atoms with Gasteiger partial charge in [-0.25, -0.2) is 4.79 Å². The Balaban J connectivity index is 1.61. The molecule has 1 saturated carbocycles. The molecule has 2 fully saturated rings. The molecule has 4 rings (SSSR count). The molecule has 2 unspecified atom stereocenters. The number of carbonyl (C=O) groups is 1. The third-order valence-corrected chi connectivity index (χ3v) is 4.78. The third kappa shape index (κ3) is 2.14. The van der Waals surface area contributed by atoms with Gasteiger partial charge in [-0.3, -0.25) is 9.36 Å². The maximum atomic E-state index is 12.7. The zero-order valence-electron chi connectivity index (χ0n) is 12.3. The van der Waals surface area contributed by atoms with Crippen LogP contribution in [0, 0.1) is 0 Å². The Hall–Kier alpha value is -2.08. The second-order valence-corrected chi connectivity index (χ2v) is 6.03. The van der Waals surface area contributed by atoms with Crippen molar-refractivity contribution in [2.45, 2.75) is 38.0 Å². The lowest BCUT2D eigenvalue weighted by atomic mass is 10.1. The molecular weight excluding hydrogens is 282 g/mol. The summed E-state index contributed by atoms with van der Waals surface area (Å²) < 4.78 is 7.27. The van der Waals surface area contributed by atoms with Crippen LogP contribution in [-0.2, 0) is 16.1 Å². The molecular formula is C16H19N3O3. The predicted octanol–water partition coefficient (Wildman–Crippen LogP) is 1.11. The zero-order chi connectivity index (χ0) is 15.1. The monoisotopic (exact) mass is 301 g/mol. The van der Waals surface area contributed by atoms with Crippen LogP contribution in [-0.4, -0.2) is 45.7 Å². The van der Waals surface area contributed by atoms with Crippen LogP contribution in [0.15, 0.2) is 29.1 Å². The number of rotatable bonds is 2. The van der Waals surface area contributed by atoms with Crippen LogP contribution in [0.1, 0.15) is 19.3 Å². The molecule has 1 saturated heterocycles. The van der Waals surface area contributed by atoms with Gasteiger partial charge in [0.05, 0.1) is 29.8 Å². The van der Waals surface area contributed by atoms with Gasteiger partial charge in [0, 0.05) is 6.54 Å². The van der Waals surface area contributed by atoms with Crippen molar-refractivity contribution in [3.63, 3.8) is 0 Å². The van der Waals surface area contributed by atoms with E-state index in [1.165, 1.54) is 4.57 Å². The molecule has 22 heavy (non-hydrogen) atoms. The molecule has 1 amide bonds. The fourth-order valence-corrected chi connectivity index (χ4v) is 3.73. The lowest BCUT2D eigenvalue weighted by Crippen LogP contribution is -2.52. The largest absolute Gasteiger partial charge is 0.374 e. The maximum absolute atomic E-state index is 12.7. The number of aromatic amines is 1. The number of morpholine rings is 1. The summed E-state index contributed by atoms with van der Waals surface area (Å²) in [7, 11) is 0. The van der Waals surface area contributed by atoms with Crippen molar-refractivity contribution in [1.82, 2.24) is 14.5 Å². The number of amides is 1. The number of fused-ring (bicyclic) bond motifs is 2. The number of hydrogen-bond acceptors (Lipinski definition) is 3. The van der Waals surface area contributed by atoms with Gasteiger partial charge >= 0.3 is 5.69 Å². The molecule has 1 aliphatic heterocycles. The number of ether oxygens (including phenoxy) is 1. The van der Waals surface area contributed by atoms with Crippen molar-refractivity contribution in [2.24, 2.45) is 0 Å². The summed E-state index contributed by atoms with van der Waals surface area (Å²) in [5.41, 5.74) is 1.31. The fourth-order valence-electron chi connectivity index (χ4n) is 3.73. The smallest absolute Gasteiger partial charge is 0.326 e. The van der Waals surface area contributed by atoms with Crippen LogP contribution in [0.4, 0.5) is 0 Å². The second-order valence-electron chi connectivity index (χ2n) is 6.03. The first-order chi connectivity index (χ1) is 10.7. The first kappa shape index (κ1) is 13.6. The summed E-state index contributed by atoms with van der Waals surface area (Å²) in [4.78, 5) is 29.5. The molecule has 2 aromatic rings. The van der Waals surface area contributed by atoms with Gasteiger partial charge in [0.25, 0.3) is 0 Å². The number of carbonyl (C=O) groups excluding carboxylic acids is 1. The molecule has 2 aliphatic rings. The molecule has 2 heterocycles. The standard InChI is InChI=1S/C16H19N3O3/c20-15(18-8-9-22-14-7-3-6-13(14)18)10-19-12-5-2-1-4-11(12)17-16(19)21/h1-2,4-5,13-14H,3,6-10H2,(H,17,21). The van der Waals surface area contributed by atoms with Crippen molar-refractivity contribution >= 4 is 16.9 Å². The molecule has 0 spiro atoms. The van der Waals surface area contributed by atoms with Crippen molar-refractivity contribution in [3.8, 4) is 0 Å². The van der Waals surface area contributed by atoms with E-state index in [0.717, 1.165) is 30.3 Å². The first-order valence-corrected chi connectivity index (χ1v) is 7.82. The summed E-state index contributed by atoms with van der Waals surface area (Å²) in [5, 5.41) is 0. The van der Waals surface area contributed by atoms with Gasteiger partial charge < -0.3 is 14.6 Å². The Kier molecular flexibility index (Phi) is 3.26. The van der Waals surface area contributed by atoms with E-state index in [9.17, 15) is 9.59 Å². The van der Waals surface area contributed by atoms with Gasteiger partial charge in [0.1, 0.15) is 6.54 Å².